The van der Waals surface area contributed by atoms with Gasteiger partial charge in [0.15, 0.2) is 11.5 Å². The molecule has 6 rings (SSSR count). The van der Waals surface area contributed by atoms with Crippen LogP contribution in [0.5, 0.6) is 5.75 Å². The zero-order chi connectivity index (χ0) is 21.8. The highest BCUT2D eigenvalue weighted by Gasteiger charge is 2.20. The predicted octanol–water partition coefficient (Wildman–Crippen LogP) is 4.66. The van der Waals surface area contributed by atoms with Gasteiger partial charge >= 0.3 is 0 Å². The maximum absolute atomic E-state index is 10.9. The number of nitrogens with zero attached hydrogens (tertiary/aromatic N) is 6. The third kappa shape index (κ3) is 2.68. The van der Waals surface area contributed by atoms with Crippen LogP contribution in [-0.2, 0) is 6.54 Å². The van der Waals surface area contributed by atoms with Gasteiger partial charge in [0, 0.05) is 30.0 Å². The van der Waals surface area contributed by atoms with Gasteiger partial charge in [0.1, 0.15) is 17.7 Å². The van der Waals surface area contributed by atoms with E-state index in [1.54, 1.807) is 23.2 Å². The van der Waals surface area contributed by atoms with Crippen molar-refractivity contribution in [2.45, 2.75) is 20.4 Å². The number of aryl methyl sites for hydroxylation is 1. The quantitative estimate of drug-likeness (QED) is 0.450. The van der Waals surface area contributed by atoms with E-state index < -0.39 is 0 Å². The van der Waals surface area contributed by atoms with Crippen LogP contribution in [0.25, 0.3) is 38.8 Å². The molecular weight excluding hydrogens is 400 g/mol. The number of rotatable bonds is 3. The van der Waals surface area contributed by atoms with E-state index in [9.17, 15) is 5.11 Å². The summed E-state index contributed by atoms with van der Waals surface area (Å²) in [5, 5.41) is 18.2. The Morgan fingerprint density at radius 1 is 0.938 bits per heavy atom. The summed E-state index contributed by atoms with van der Waals surface area (Å²) < 4.78 is 3.89. The number of benzene rings is 2. The molecular formula is C25H20N6O. The molecule has 0 radical (unpaired) electrons. The minimum absolute atomic E-state index is 0.186. The molecule has 0 spiro atoms. The molecule has 0 aliphatic carbocycles. The summed E-state index contributed by atoms with van der Waals surface area (Å²) in [5.41, 5.74) is 5.61. The monoisotopic (exact) mass is 420 g/mol. The van der Waals surface area contributed by atoms with Gasteiger partial charge in [-0.3, -0.25) is 4.98 Å². The van der Waals surface area contributed by atoms with Crippen LogP contribution in [0.4, 0.5) is 0 Å². The second-order valence-electron chi connectivity index (χ2n) is 7.98. The van der Waals surface area contributed by atoms with E-state index in [4.69, 9.17) is 9.97 Å². The number of aromatic nitrogens is 6. The molecule has 0 amide bonds. The van der Waals surface area contributed by atoms with Crippen molar-refractivity contribution in [2.75, 3.05) is 0 Å². The second kappa shape index (κ2) is 6.88. The van der Waals surface area contributed by atoms with Gasteiger partial charge in [0.25, 0.3) is 0 Å². The number of fused-ring (bicyclic) bond motifs is 4. The molecule has 0 saturated carbocycles. The molecule has 4 heterocycles. The van der Waals surface area contributed by atoms with Crippen molar-refractivity contribution in [1.29, 1.82) is 0 Å². The number of hydrogen-bond donors (Lipinski definition) is 1. The number of phenols is 1. The number of pyridine rings is 1. The van der Waals surface area contributed by atoms with Crippen molar-refractivity contribution >= 4 is 27.5 Å². The van der Waals surface area contributed by atoms with E-state index in [0.29, 0.717) is 17.9 Å². The molecule has 7 heteroatoms. The van der Waals surface area contributed by atoms with E-state index >= 15 is 0 Å². The lowest BCUT2D eigenvalue weighted by Gasteiger charge is -2.07. The van der Waals surface area contributed by atoms with Gasteiger partial charge in [-0.2, -0.15) is 0 Å². The maximum atomic E-state index is 10.9. The van der Waals surface area contributed by atoms with Gasteiger partial charge in [-0.1, -0.05) is 30.3 Å². The highest BCUT2D eigenvalue weighted by Crippen LogP contribution is 2.35. The van der Waals surface area contributed by atoms with Gasteiger partial charge < -0.3 is 9.67 Å². The van der Waals surface area contributed by atoms with Gasteiger partial charge in [-0.25, -0.2) is 14.5 Å². The van der Waals surface area contributed by atoms with Crippen molar-refractivity contribution in [2.24, 2.45) is 0 Å². The summed E-state index contributed by atoms with van der Waals surface area (Å²) in [5.74, 6) is 0.660. The lowest BCUT2D eigenvalue weighted by molar-refractivity contribution is 0.483. The fraction of sp³-hybridized carbons (Fsp3) is 0.120. The highest BCUT2D eigenvalue weighted by molar-refractivity contribution is 5.96. The molecule has 0 unspecified atom stereocenters. The SMILES string of the molecule is Cc1c(C)n(Cc2ccncc2)c2ncn3nc(-c4ccc5ccccc5c4O)nc3c12. The van der Waals surface area contributed by atoms with Crippen LogP contribution in [0.3, 0.4) is 0 Å². The second-order valence-corrected chi connectivity index (χ2v) is 7.98. The molecule has 0 aliphatic rings. The van der Waals surface area contributed by atoms with Crippen LogP contribution in [0.1, 0.15) is 16.8 Å². The first-order valence-electron chi connectivity index (χ1n) is 10.4. The lowest BCUT2D eigenvalue weighted by Crippen LogP contribution is -2.03. The first-order chi connectivity index (χ1) is 15.6. The van der Waals surface area contributed by atoms with E-state index in [0.717, 1.165) is 44.3 Å². The van der Waals surface area contributed by atoms with Crippen LogP contribution in [0.15, 0.2) is 67.3 Å². The molecule has 0 fully saturated rings. The van der Waals surface area contributed by atoms with Gasteiger partial charge in [0.05, 0.1) is 10.9 Å². The molecule has 2 aromatic carbocycles. The highest BCUT2D eigenvalue weighted by atomic mass is 16.3. The summed E-state index contributed by atoms with van der Waals surface area (Å²) >= 11 is 0. The zero-order valence-corrected chi connectivity index (χ0v) is 17.7. The first kappa shape index (κ1) is 18.5. The molecule has 6 aromatic rings. The van der Waals surface area contributed by atoms with E-state index in [2.05, 4.69) is 28.5 Å². The average Bonchev–Trinajstić information content (AvgIpc) is 3.35. The molecule has 32 heavy (non-hydrogen) atoms. The first-order valence-corrected chi connectivity index (χ1v) is 10.4. The molecule has 1 N–H and O–H groups in total. The Kier molecular flexibility index (Phi) is 3.98. The summed E-state index contributed by atoms with van der Waals surface area (Å²) in [4.78, 5) is 13.6. The molecule has 0 saturated heterocycles. The fourth-order valence-electron chi connectivity index (χ4n) is 4.34. The third-order valence-electron chi connectivity index (χ3n) is 6.18. The fourth-order valence-corrected chi connectivity index (χ4v) is 4.34. The summed E-state index contributed by atoms with van der Waals surface area (Å²) in [6, 6.07) is 15.6. The molecule has 0 aliphatic heterocycles. The Bertz CT molecular complexity index is 1630. The summed E-state index contributed by atoms with van der Waals surface area (Å²) in [7, 11) is 0. The zero-order valence-electron chi connectivity index (χ0n) is 17.7. The predicted molar refractivity (Wildman–Crippen MR) is 124 cm³/mol. The summed E-state index contributed by atoms with van der Waals surface area (Å²) in [6.45, 7) is 4.89. The normalized spacial score (nSPS) is 11.7. The Labute approximate surface area is 183 Å². The maximum Gasteiger partial charge on any atom is 0.185 e. The molecule has 156 valence electrons. The lowest BCUT2D eigenvalue weighted by atomic mass is 10.1. The van der Waals surface area contributed by atoms with E-state index in [-0.39, 0.29) is 5.75 Å². The minimum Gasteiger partial charge on any atom is -0.507 e. The van der Waals surface area contributed by atoms with Crippen LogP contribution in [0, 0.1) is 13.8 Å². The van der Waals surface area contributed by atoms with Crippen molar-refractivity contribution < 1.29 is 5.11 Å². The Hall–Kier alpha value is -4.26. The Balaban J connectivity index is 1.55. The van der Waals surface area contributed by atoms with Crippen LogP contribution in [-0.4, -0.2) is 34.2 Å². The van der Waals surface area contributed by atoms with Gasteiger partial charge in [-0.15, -0.1) is 5.10 Å². The van der Waals surface area contributed by atoms with Crippen molar-refractivity contribution in [1.82, 2.24) is 29.1 Å². The van der Waals surface area contributed by atoms with Crippen molar-refractivity contribution in [3.05, 3.63) is 84.1 Å². The summed E-state index contributed by atoms with van der Waals surface area (Å²) in [6.07, 6.45) is 5.29. The number of phenolic OH excluding ortho intramolecular Hbond substituents is 1. The average molecular weight is 420 g/mol. The third-order valence-corrected chi connectivity index (χ3v) is 6.18. The minimum atomic E-state index is 0.186. The Morgan fingerprint density at radius 2 is 1.75 bits per heavy atom. The van der Waals surface area contributed by atoms with Crippen LogP contribution in [0.2, 0.25) is 0 Å². The Morgan fingerprint density at radius 3 is 2.59 bits per heavy atom. The number of aromatic hydroxyl groups is 1. The van der Waals surface area contributed by atoms with E-state index in [1.807, 2.05) is 48.5 Å². The molecule has 4 aromatic heterocycles. The van der Waals surface area contributed by atoms with Crippen molar-refractivity contribution in [3.8, 4) is 17.1 Å². The van der Waals surface area contributed by atoms with Crippen molar-refractivity contribution in [3.63, 3.8) is 0 Å². The van der Waals surface area contributed by atoms with Crippen LogP contribution >= 0.6 is 0 Å². The molecule has 0 atom stereocenters. The van der Waals surface area contributed by atoms with Gasteiger partial charge in [0.2, 0.25) is 0 Å². The topological polar surface area (TPSA) is 81.1 Å². The van der Waals surface area contributed by atoms with Gasteiger partial charge in [-0.05, 0) is 48.6 Å². The standard InChI is InChI=1S/C25H20N6O/c1-15-16(2)30(13-17-9-11-26-12-10-17)24-21(15)25-28-23(29-31(25)14-27-24)20-8-7-18-5-3-4-6-19(18)22(20)32/h3-12,14,32H,13H2,1-2H3. The number of hydrogen-bond acceptors (Lipinski definition) is 5. The molecule has 7 nitrogen and oxygen atoms in total. The molecule has 0 bridgehead atoms. The smallest absolute Gasteiger partial charge is 0.185 e. The van der Waals surface area contributed by atoms with E-state index in [1.165, 1.54) is 0 Å². The van der Waals surface area contributed by atoms with Crippen LogP contribution < -0.4 is 0 Å². The largest absolute Gasteiger partial charge is 0.507 e.